The molecule has 12 heteroatoms. The molecular formula is C26H29F3N6O3. The van der Waals surface area contributed by atoms with Gasteiger partial charge in [-0.1, -0.05) is 0 Å². The number of carbonyl (C=O) groups is 1. The molecule has 3 aromatic rings. The maximum absolute atomic E-state index is 14.6. The van der Waals surface area contributed by atoms with Crippen LogP contribution in [-0.2, 0) is 6.54 Å². The van der Waals surface area contributed by atoms with Gasteiger partial charge in [-0.15, -0.1) is 0 Å². The average Bonchev–Trinajstić information content (AvgIpc) is 2.87. The molecule has 0 atom stereocenters. The Morgan fingerprint density at radius 3 is 2.50 bits per heavy atom. The van der Waals surface area contributed by atoms with E-state index >= 15 is 0 Å². The van der Waals surface area contributed by atoms with Crippen LogP contribution in [0, 0.1) is 17.5 Å². The first-order valence-corrected chi connectivity index (χ1v) is 12.2. The second-order valence-corrected chi connectivity index (χ2v) is 9.00. The molecule has 0 spiro atoms. The zero-order valence-corrected chi connectivity index (χ0v) is 20.9. The molecule has 9 nitrogen and oxygen atoms in total. The summed E-state index contributed by atoms with van der Waals surface area (Å²) in [6, 6.07) is 8.45. The van der Waals surface area contributed by atoms with Crippen LogP contribution >= 0.6 is 0 Å². The Kier molecular flexibility index (Phi) is 8.98. The van der Waals surface area contributed by atoms with Crippen LogP contribution in [0.1, 0.15) is 12.0 Å². The fraction of sp³-hybridized carbons (Fsp3) is 0.346. The van der Waals surface area contributed by atoms with Crippen LogP contribution in [0.4, 0.5) is 35.4 Å². The molecule has 0 saturated carbocycles. The first kappa shape index (κ1) is 27.1. The average molecular weight is 531 g/mol. The highest BCUT2D eigenvalue weighted by Gasteiger charge is 2.19. The summed E-state index contributed by atoms with van der Waals surface area (Å²) < 4.78 is 47.3. The van der Waals surface area contributed by atoms with Crippen molar-refractivity contribution in [3.63, 3.8) is 0 Å². The van der Waals surface area contributed by atoms with Gasteiger partial charge in [0.1, 0.15) is 17.5 Å². The number of halogens is 3. The summed E-state index contributed by atoms with van der Waals surface area (Å²) in [5, 5.41) is 12.5. The Morgan fingerprint density at radius 1 is 1.08 bits per heavy atom. The van der Waals surface area contributed by atoms with Gasteiger partial charge in [0.25, 0.3) is 0 Å². The molecule has 0 bridgehead atoms. The fourth-order valence-corrected chi connectivity index (χ4v) is 4.06. The Bertz CT molecular complexity index is 1240. The van der Waals surface area contributed by atoms with Gasteiger partial charge in [0.15, 0.2) is 11.6 Å². The van der Waals surface area contributed by atoms with E-state index in [1.807, 2.05) is 0 Å². The Hall–Kier alpha value is -3.90. The van der Waals surface area contributed by atoms with Crippen molar-refractivity contribution in [2.24, 2.45) is 0 Å². The molecule has 1 aliphatic rings. The topological polar surface area (TPSA) is 94.1 Å². The van der Waals surface area contributed by atoms with Crippen molar-refractivity contribution in [3.8, 4) is 5.75 Å². The van der Waals surface area contributed by atoms with Crippen molar-refractivity contribution in [3.05, 3.63) is 71.7 Å². The predicted octanol–water partition coefficient (Wildman–Crippen LogP) is 4.34. The monoisotopic (exact) mass is 530 g/mol. The van der Waals surface area contributed by atoms with Crippen molar-refractivity contribution >= 4 is 23.5 Å². The highest BCUT2D eigenvalue weighted by molar-refractivity contribution is 5.84. The second kappa shape index (κ2) is 12.6. The van der Waals surface area contributed by atoms with Crippen LogP contribution in [0.25, 0.3) is 0 Å². The van der Waals surface area contributed by atoms with E-state index in [0.717, 1.165) is 56.2 Å². The number of piperazine rings is 1. The molecule has 2 heterocycles. The second-order valence-electron chi connectivity index (χ2n) is 9.00. The van der Waals surface area contributed by atoms with Gasteiger partial charge in [0, 0.05) is 56.7 Å². The fourth-order valence-electron chi connectivity index (χ4n) is 4.06. The van der Waals surface area contributed by atoms with Crippen LogP contribution < -0.4 is 15.0 Å². The number of anilines is 3. The number of rotatable bonds is 10. The maximum Gasteiger partial charge on any atom is 0.413 e. The summed E-state index contributed by atoms with van der Waals surface area (Å²) in [6.45, 7) is 5.06. The van der Waals surface area contributed by atoms with E-state index in [2.05, 4.69) is 32.1 Å². The van der Waals surface area contributed by atoms with E-state index in [0.29, 0.717) is 18.4 Å². The molecule has 4 rings (SSSR count). The lowest BCUT2D eigenvalue weighted by Crippen LogP contribution is -2.44. The van der Waals surface area contributed by atoms with E-state index in [4.69, 9.17) is 4.74 Å². The van der Waals surface area contributed by atoms with Gasteiger partial charge < -0.3 is 25.0 Å². The van der Waals surface area contributed by atoms with Crippen molar-refractivity contribution < 1.29 is 27.8 Å². The minimum Gasteiger partial charge on any atom is -0.490 e. The van der Waals surface area contributed by atoms with Crippen LogP contribution in [-0.4, -0.2) is 77.3 Å². The van der Waals surface area contributed by atoms with Crippen molar-refractivity contribution in [2.75, 3.05) is 56.6 Å². The van der Waals surface area contributed by atoms with Crippen LogP contribution in [0.5, 0.6) is 5.75 Å². The zero-order valence-electron chi connectivity index (χ0n) is 20.9. The molecule has 38 heavy (non-hydrogen) atoms. The normalized spacial score (nSPS) is 14.3. The van der Waals surface area contributed by atoms with Gasteiger partial charge in [-0.25, -0.2) is 22.9 Å². The minimum absolute atomic E-state index is 0.0133. The lowest BCUT2D eigenvalue weighted by atomic mass is 10.2. The van der Waals surface area contributed by atoms with Gasteiger partial charge in [0.2, 0.25) is 5.95 Å². The Labute approximate surface area is 218 Å². The van der Waals surface area contributed by atoms with Gasteiger partial charge in [-0.05, 0) is 49.4 Å². The summed E-state index contributed by atoms with van der Waals surface area (Å²) in [6.07, 6.45) is 0.729. The van der Waals surface area contributed by atoms with E-state index in [1.54, 1.807) is 6.07 Å². The van der Waals surface area contributed by atoms with Crippen molar-refractivity contribution in [1.29, 1.82) is 0 Å². The molecular weight excluding hydrogens is 501 g/mol. The van der Waals surface area contributed by atoms with Crippen molar-refractivity contribution in [2.45, 2.75) is 13.0 Å². The molecule has 1 amide bonds. The van der Waals surface area contributed by atoms with E-state index in [1.165, 1.54) is 24.4 Å². The van der Waals surface area contributed by atoms with E-state index in [-0.39, 0.29) is 29.6 Å². The number of carboxylic acid groups (broad SMARTS) is 1. The largest absolute Gasteiger partial charge is 0.490 e. The molecule has 0 radical (unpaired) electrons. The van der Waals surface area contributed by atoms with Gasteiger partial charge in [-0.3, -0.25) is 4.90 Å². The summed E-state index contributed by atoms with van der Waals surface area (Å²) in [4.78, 5) is 25.5. The number of hydrogen-bond acceptors (Lipinski definition) is 7. The van der Waals surface area contributed by atoms with Crippen molar-refractivity contribution in [1.82, 2.24) is 19.8 Å². The Balaban J connectivity index is 1.35. The quantitative estimate of drug-likeness (QED) is 0.374. The van der Waals surface area contributed by atoms with Crippen LogP contribution in [0.15, 0.2) is 48.7 Å². The molecule has 1 fully saturated rings. The molecule has 2 N–H and O–H groups in total. The number of likely N-dealkylation sites (N-methyl/N-ethyl adjacent to an activating group) is 1. The minimum atomic E-state index is -1.38. The third kappa shape index (κ3) is 7.56. The summed E-state index contributed by atoms with van der Waals surface area (Å²) >= 11 is 0. The molecule has 1 aromatic heterocycles. The highest BCUT2D eigenvalue weighted by Crippen LogP contribution is 2.24. The number of aromatic nitrogens is 2. The Morgan fingerprint density at radius 2 is 1.82 bits per heavy atom. The molecule has 0 unspecified atom stereocenters. The third-order valence-electron chi connectivity index (χ3n) is 6.07. The maximum atomic E-state index is 14.6. The van der Waals surface area contributed by atoms with Crippen LogP contribution in [0.2, 0.25) is 0 Å². The summed E-state index contributed by atoms with van der Waals surface area (Å²) in [5.41, 5.74) is 0.442. The van der Waals surface area contributed by atoms with Crippen LogP contribution in [0.3, 0.4) is 0 Å². The number of amides is 1. The van der Waals surface area contributed by atoms with Gasteiger partial charge in [0.05, 0.1) is 13.2 Å². The number of nitrogens with one attached hydrogen (secondary N) is 1. The molecule has 1 saturated heterocycles. The standard InChI is InChI=1S/C26H29F3N6O3/c1-33-8-10-34(11-9-33)7-2-12-38-23-4-3-21(16-22(23)29)31-25-30-6-5-24(32-25)35(26(36)37)17-18-13-19(27)15-20(28)14-18/h3-6,13-16H,2,7-12,17H2,1H3,(H,36,37)(H,30,31,32). The van der Waals surface area contributed by atoms with Gasteiger partial charge in [-0.2, -0.15) is 4.98 Å². The smallest absolute Gasteiger partial charge is 0.413 e. The number of benzene rings is 2. The summed E-state index contributed by atoms with van der Waals surface area (Å²) in [7, 11) is 2.10. The lowest BCUT2D eigenvalue weighted by Gasteiger charge is -2.32. The lowest BCUT2D eigenvalue weighted by molar-refractivity contribution is 0.145. The highest BCUT2D eigenvalue weighted by atomic mass is 19.1. The number of hydrogen-bond donors (Lipinski definition) is 2. The van der Waals surface area contributed by atoms with E-state index < -0.39 is 23.5 Å². The molecule has 2 aromatic carbocycles. The first-order valence-electron chi connectivity index (χ1n) is 12.2. The number of ether oxygens (including phenoxy) is 1. The molecule has 1 aliphatic heterocycles. The zero-order chi connectivity index (χ0) is 27.1. The third-order valence-corrected chi connectivity index (χ3v) is 6.07. The summed E-state index contributed by atoms with van der Waals surface area (Å²) in [5.74, 6) is -2.09. The van der Waals surface area contributed by atoms with E-state index in [9.17, 15) is 23.1 Å². The molecule has 0 aliphatic carbocycles. The predicted molar refractivity (Wildman–Crippen MR) is 136 cm³/mol. The number of nitrogens with zero attached hydrogens (tertiary/aromatic N) is 5. The molecule has 202 valence electrons. The van der Waals surface area contributed by atoms with Gasteiger partial charge >= 0.3 is 6.09 Å². The first-order chi connectivity index (χ1) is 18.3. The SMILES string of the molecule is CN1CCN(CCCOc2ccc(Nc3nccc(N(Cc4cc(F)cc(F)c4)C(=O)O)n3)cc2F)CC1.